The van der Waals surface area contributed by atoms with Gasteiger partial charge in [0.05, 0.1) is 11.1 Å². The molecule has 1 aromatic carbocycles. The molecule has 0 bridgehead atoms. The lowest BCUT2D eigenvalue weighted by Crippen LogP contribution is -1.99. The van der Waals surface area contributed by atoms with Crippen LogP contribution in [0.3, 0.4) is 0 Å². The van der Waals surface area contributed by atoms with E-state index < -0.39 is 11.9 Å². The van der Waals surface area contributed by atoms with Crippen molar-refractivity contribution in [3.63, 3.8) is 0 Å². The van der Waals surface area contributed by atoms with Crippen LogP contribution in [-0.4, -0.2) is 27.6 Å². The first-order valence-electron chi connectivity index (χ1n) is 3.18. The number of aromatic carboxylic acids is 2. The van der Waals surface area contributed by atoms with Crippen LogP contribution in [0.2, 0.25) is 0 Å². The normalized spacial score (nSPS) is 8.62. The second-order valence-electron chi connectivity index (χ2n) is 2.19. The predicted molar refractivity (Wildman–Crippen MR) is 42.3 cm³/mol. The monoisotopic (exact) mass is 183 g/mol. The Morgan fingerprint density at radius 3 is 1.23 bits per heavy atom. The molecule has 0 saturated carbocycles. The molecule has 0 aliphatic heterocycles. The molecule has 0 aliphatic rings. The van der Waals surface area contributed by atoms with E-state index in [2.05, 4.69) is 0 Å². The molecule has 0 aliphatic carbocycles. The summed E-state index contributed by atoms with van der Waals surface area (Å²) in [5.74, 6) is -2.13. The van der Waals surface area contributed by atoms with Crippen LogP contribution in [0.5, 0.6) is 0 Å². The van der Waals surface area contributed by atoms with Crippen LogP contribution < -0.4 is 0 Å². The summed E-state index contributed by atoms with van der Waals surface area (Å²) in [6, 6.07) is 5.02. The van der Waals surface area contributed by atoms with Gasteiger partial charge in [0.2, 0.25) is 0 Å². The zero-order valence-corrected chi connectivity index (χ0v) is 6.47. The van der Waals surface area contributed by atoms with Crippen LogP contribution >= 0.6 is 0 Å². The minimum Gasteiger partial charge on any atom is -0.478 e. The average Bonchev–Trinajstić information content (AvgIpc) is 2.04. The molecule has 3 N–H and O–H groups in total. The maximum absolute atomic E-state index is 10.3. The van der Waals surface area contributed by atoms with Crippen LogP contribution in [0, 0.1) is 0 Å². The Bertz CT molecular complexity index is 281. The largest absolute Gasteiger partial charge is 0.478 e. The van der Waals surface area contributed by atoms with Crippen molar-refractivity contribution < 1.29 is 25.3 Å². The average molecular weight is 183 g/mol. The van der Waals surface area contributed by atoms with Gasteiger partial charge < -0.3 is 10.2 Å². The highest BCUT2D eigenvalue weighted by Gasteiger charge is 2.04. The van der Waals surface area contributed by atoms with Crippen LogP contribution in [0.15, 0.2) is 24.3 Å². The predicted octanol–water partition coefficient (Wildman–Crippen LogP) is 0.906. The number of carboxylic acid groups (broad SMARTS) is 2. The molecule has 1 rings (SSSR count). The SMILES string of the molecule is O=C(O)c1ccc(C(=O)O)cc1.[OH]. The van der Waals surface area contributed by atoms with Crippen molar-refractivity contribution in [2.45, 2.75) is 0 Å². The van der Waals surface area contributed by atoms with Gasteiger partial charge in [-0.25, -0.2) is 9.59 Å². The van der Waals surface area contributed by atoms with E-state index in [-0.39, 0.29) is 16.6 Å². The molecule has 0 aromatic heterocycles. The number of carboxylic acids is 2. The molecule has 0 saturated heterocycles. The van der Waals surface area contributed by atoms with E-state index in [0.717, 1.165) is 0 Å². The van der Waals surface area contributed by atoms with Crippen molar-refractivity contribution in [1.29, 1.82) is 0 Å². The molecule has 1 radical (unpaired) electrons. The Kier molecular flexibility index (Phi) is 3.61. The van der Waals surface area contributed by atoms with Gasteiger partial charge in [-0.3, -0.25) is 5.48 Å². The molecule has 0 spiro atoms. The second kappa shape index (κ2) is 4.22. The summed E-state index contributed by atoms with van der Waals surface area (Å²) < 4.78 is 0. The molecular formula is C8H7O5. The molecule has 69 valence electrons. The minimum atomic E-state index is -1.06. The van der Waals surface area contributed by atoms with Crippen LogP contribution in [0.4, 0.5) is 0 Å². The van der Waals surface area contributed by atoms with Crippen LogP contribution in [-0.2, 0) is 0 Å². The number of hydrogen-bond donors (Lipinski definition) is 3. The van der Waals surface area contributed by atoms with Gasteiger partial charge in [0, 0.05) is 0 Å². The maximum atomic E-state index is 10.3. The highest BCUT2D eigenvalue weighted by molar-refractivity contribution is 5.91. The highest BCUT2D eigenvalue weighted by Crippen LogP contribution is 2.03. The lowest BCUT2D eigenvalue weighted by molar-refractivity contribution is 0.0681. The Labute approximate surface area is 73.6 Å². The lowest BCUT2D eigenvalue weighted by atomic mass is 10.1. The van der Waals surface area contributed by atoms with E-state index in [1.807, 2.05) is 0 Å². The molecule has 1 aromatic rings. The van der Waals surface area contributed by atoms with E-state index in [1.54, 1.807) is 0 Å². The molecule has 0 heterocycles. The van der Waals surface area contributed by atoms with Crippen molar-refractivity contribution in [3.05, 3.63) is 35.4 Å². The lowest BCUT2D eigenvalue weighted by Gasteiger charge is -1.94. The van der Waals surface area contributed by atoms with Crippen LogP contribution in [0.1, 0.15) is 20.7 Å². The third-order valence-corrected chi connectivity index (χ3v) is 1.38. The molecule has 0 atom stereocenters. The summed E-state index contributed by atoms with van der Waals surface area (Å²) in [4.78, 5) is 20.7. The summed E-state index contributed by atoms with van der Waals surface area (Å²) in [5.41, 5.74) is 0.167. The Morgan fingerprint density at radius 1 is 0.846 bits per heavy atom. The summed E-state index contributed by atoms with van der Waals surface area (Å²) >= 11 is 0. The topological polar surface area (TPSA) is 105 Å². The summed E-state index contributed by atoms with van der Waals surface area (Å²) in [6.45, 7) is 0. The smallest absolute Gasteiger partial charge is 0.335 e. The van der Waals surface area contributed by atoms with E-state index >= 15 is 0 Å². The van der Waals surface area contributed by atoms with Crippen molar-refractivity contribution in [3.8, 4) is 0 Å². The number of rotatable bonds is 2. The molecule has 5 heteroatoms. The van der Waals surface area contributed by atoms with E-state index in [0.29, 0.717) is 0 Å². The Morgan fingerprint density at radius 2 is 1.08 bits per heavy atom. The summed E-state index contributed by atoms with van der Waals surface area (Å²) in [7, 11) is 0. The van der Waals surface area contributed by atoms with Gasteiger partial charge in [-0.1, -0.05) is 0 Å². The van der Waals surface area contributed by atoms with Gasteiger partial charge in [-0.15, -0.1) is 0 Å². The molecule has 0 fully saturated rings. The minimum absolute atomic E-state index is 0. The van der Waals surface area contributed by atoms with Crippen molar-refractivity contribution >= 4 is 11.9 Å². The van der Waals surface area contributed by atoms with Crippen molar-refractivity contribution in [2.24, 2.45) is 0 Å². The summed E-state index contributed by atoms with van der Waals surface area (Å²) in [5, 5.41) is 16.9. The van der Waals surface area contributed by atoms with Gasteiger partial charge in [-0.2, -0.15) is 0 Å². The molecule has 0 amide bonds. The van der Waals surface area contributed by atoms with E-state index in [4.69, 9.17) is 10.2 Å². The van der Waals surface area contributed by atoms with Gasteiger partial charge >= 0.3 is 11.9 Å². The van der Waals surface area contributed by atoms with Crippen LogP contribution in [0.25, 0.3) is 0 Å². The highest BCUT2D eigenvalue weighted by atomic mass is 16.4. The van der Waals surface area contributed by atoms with Gasteiger partial charge in [0.1, 0.15) is 0 Å². The first-order chi connectivity index (χ1) is 5.61. The number of carbonyl (C=O) groups is 2. The zero-order chi connectivity index (χ0) is 9.14. The first kappa shape index (κ1) is 11.1. The first-order valence-corrected chi connectivity index (χ1v) is 3.18. The van der Waals surface area contributed by atoms with Gasteiger partial charge in [-0.05, 0) is 24.3 Å². The zero-order valence-electron chi connectivity index (χ0n) is 6.47. The van der Waals surface area contributed by atoms with E-state index in [9.17, 15) is 9.59 Å². The fourth-order valence-electron chi connectivity index (χ4n) is 0.755. The molecule has 5 nitrogen and oxygen atoms in total. The van der Waals surface area contributed by atoms with Gasteiger partial charge in [0.25, 0.3) is 0 Å². The van der Waals surface area contributed by atoms with Crippen molar-refractivity contribution in [1.82, 2.24) is 0 Å². The quantitative estimate of drug-likeness (QED) is 0.633. The third kappa shape index (κ3) is 2.57. The third-order valence-electron chi connectivity index (χ3n) is 1.38. The Hall–Kier alpha value is -1.88. The maximum Gasteiger partial charge on any atom is 0.335 e. The fourth-order valence-corrected chi connectivity index (χ4v) is 0.755. The Balaban J connectivity index is 0.00000144. The fraction of sp³-hybridized carbons (Fsp3) is 0. The standard InChI is InChI=1S/C8H6O4.HO/c9-7(10)5-1-2-6(4-3-5)8(11)12;/h1-4H,(H,9,10)(H,11,12);1H. The van der Waals surface area contributed by atoms with E-state index in [1.165, 1.54) is 24.3 Å². The number of benzene rings is 1. The molecule has 0 unspecified atom stereocenters. The van der Waals surface area contributed by atoms with Gasteiger partial charge in [0.15, 0.2) is 0 Å². The number of hydrogen-bond acceptors (Lipinski definition) is 2. The molecule has 13 heavy (non-hydrogen) atoms. The second-order valence-corrected chi connectivity index (χ2v) is 2.19. The van der Waals surface area contributed by atoms with Crippen molar-refractivity contribution in [2.75, 3.05) is 0 Å². The summed E-state index contributed by atoms with van der Waals surface area (Å²) in [6.07, 6.45) is 0. The molecular weight excluding hydrogens is 176 g/mol.